The van der Waals surface area contributed by atoms with Gasteiger partial charge in [0.1, 0.15) is 0 Å². The molecule has 1 aliphatic rings. The highest BCUT2D eigenvalue weighted by atomic mass is 16.4. The Balaban J connectivity index is 2.05. The number of rotatable bonds is 4. The third-order valence-electron chi connectivity index (χ3n) is 4.54. The Bertz CT molecular complexity index is 484. The molecule has 1 aliphatic heterocycles. The van der Waals surface area contributed by atoms with Gasteiger partial charge in [-0.05, 0) is 49.9 Å². The van der Waals surface area contributed by atoms with Gasteiger partial charge >= 0.3 is 5.97 Å². The fourth-order valence-electron chi connectivity index (χ4n) is 2.87. The second-order valence-electron chi connectivity index (χ2n) is 5.82. The molecule has 0 radical (unpaired) electrons. The second kappa shape index (κ2) is 5.33. The maximum absolute atomic E-state index is 11.4. The van der Waals surface area contributed by atoms with Crippen LogP contribution in [0.4, 0.5) is 0 Å². The molecular formula is C16H23NO2. The number of nitrogens with zero attached hydrogens (tertiary/aromatic N) is 1. The average molecular weight is 261 g/mol. The maximum Gasteiger partial charge on any atom is 0.310 e. The first-order valence-electron chi connectivity index (χ1n) is 6.99. The summed E-state index contributed by atoms with van der Waals surface area (Å²) >= 11 is 0. The quantitative estimate of drug-likeness (QED) is 0.905. The Kier molecular flexibility index (Phi) is 3.95. The predicted molar refractivity (Wildman–Crippen MR) is 76.2 cm³/mol. The molecule has 3 nitrogen and oxygen atoms in total. The van der Waals surface area contributed by atoms with Crippen LogP contribution in [-0.4, -0.2) is 29.1 Å². The van der Waals surface area contributed by atoms with Gasteiger partial charge < -0.3 is 5.11 Å². The Morgan fingerprint density at radius 3 is 2.63 bits per heavy atom. The van der Waals surface area contributed by atoms with Crippen molar-refractivity contribution in [2.75, 3.05) is 13.1 Å². The van der Waals surface area contributed by atoms with Gasteiger partial charge in [0.25, 0.3) is 0 Å². The van der Waals surface area contributed by atoms with E-state index in [-0.39, 0.29) is 0 Å². The molecule has 0 aromatic heterocycles. The van der Waals surface area contributed by atoms with E-state index in [1.807, 2.05) is 6.92 Å². The third-order valence-corrected chi connectivity index (χ3v) is 4.54. The van der Waals surface area contributed by atoms with E-state index in [1.54, 1.807) is 0 Å². The van der Waals surface area contributed by atoms with Crippen molar-refractivity contribution < 1.29 is 9.90 Å². The van der Waals surface area contributed by atoms with Gasteiger partial charge in [-0.2, -0.15) is 0 Å². The van der Waals surface area contributed by atoms with Crippen molar-refractivity contribution in [2.45, 2.75) is 40.2 Å². The van der Waals surface area contributed by atoms with Gasteiger partial charge in [-0.15, -0.1) is 0 Å². The van der Waals surface area contributed by atoms with Crippen molar-refractivity contribution in [2.24, 2.45) is 5.41 Å². The van der Waals surface area contributed by atoms with Gasteiger partial charge in [0.05, 0.1) is 5.41 Å². The molecule has 104 valence electrons. The smallest absolute Gasteiger partial charge is 0.310 e. The lowest BCUT2D eigenvalue weighted by Gasteiger charge is -2.23. The zero-order chi connectivity index (χ0) is 14.0. The number of aliphatic carboxylic acids is 1. The van der Waals surface area contributed by atoms with Gasteiger partial charge in [-0.3, -0.25) is 9.69 Å². The fraction of sp³-hybridized carbons (Fsp3) is 0.562. The van der Waals surface area contributed by atoms with Gasteiger partial charge in [0.2, 0.25) is 0 Å². The van der Waals surface area contributed by atoms with Gasteiger partial charge in [-0.25, -0.2) is 0 Å². The van der Waals surface area contributed by atoms with E-state index >= 15 is 0 Å². The van der Waals surface area contributed by atoms with Crippen LogP contribution in [0.2, 0.25) is 0 Å². The fourth-order valence-corrected chi connectivity index (χ4v) is 2.87. The van der Waals surface area contributed by atoms with Gasteiger partial charge in [0, 0.05) is 13.1 Å². The minimum atomic E-state index is -0.641. The number of likely N-dealkylation sites (tertiary alicyclic amines) is 1. The molecule has 0 spiro atoms. The van der Waals surface area contributed by atoms with Crippen LogP contribution in [0.3, 0.4) is 0 Å². The summed E-state index contributed by atoms with van der Waals surface area (Å²) in [5.74, 6) is -0.641. The summed E-state index contributed by atoms with van der Waals surface area (Å²) in [6.07, 6.45) is 1.48. The minimum absolute atomic E-state index is 0.528. The summed E-state index contributed by atoms with van der Waals surface area (Å²) < 4.78 is 0. The molecule has 1 saturated heterocycles. The maximum atomic E-state index is 11.4. The molecule has 3 heteroatoms. The van der Waals surface area contributed by atoms with Gasteiger partial charge in [0.15, 0.2) is 0 Å². The van der Waals surface area contributed by atoms with Crippen LogP contribution in [0.15, 0.2) is 18.2 Å². The SMILES string of the molecule is CCC1(C(=O)O)CCN(Cc2ccc(C)c(C)c2)C1. The summed E-state index contributed by atoms with van der Waals surface area (Å²) in [4.78, 5) is 13.7. The van der Waals surface area contributed by atoms with Crippen LogP contribution in [-0.2, 0) is 11.3 Å². The Labute approximate surface area is 115 Å². The normalized spacial score (nSPS) is 23.7. The summed E-state index contributed by atoms with van der Waals surface area (Å²) in [5, 5.41) is 9.40. The number of aryl methyl sites for hydroxylation is 2. The Morgan fingerprint density at radius 1 is 1.37 bits per heavy atom. The lowest BCUT2D eigenvalue weighted by Crippen LogP contribution is -2.33. The number of carbonyl (C=O) groups is 1. The zero-order valence-corrected chi connectivity index (χ0v) is 12.1. The van der Waals surface area contributed by atoms with Crippen LogP contribution in [0.25, 0.3) is 0 Å². The van der Waals surface area contributed by atoms with Crippen LogP contribution in [0.1, 0.15) is 36.5 Å². The molecule has 1 N–H and O–H groups in total. The number of hydrogen-bond donors (Lipinski definition) is 1. The monoisotopic (exact) mass is 261 g/mol. The molecule has 1 heterocycles. The highest BCUT2D eigenvalue weighted by Gasteiger charge is 2.42. The third kappa shape index (κ3) is 2.81. The first-order chi connectivity index (χ1) is 8.97. The zero-order valence-electron chi connectivity index (χ0n) is 12.1. The standard InChI is InChI=1S/C16H23NO2/c1-4-16(15(18)19)7-8-17(11-16)10-14-6-5-12(2)13(3)9-14/h5-6,9H,4,7-8,10-11H2,1-3H3,(H,18,19). The van der Waals surface area contributed by atoms with E-state index < -0.39 is 11.4 Å². The van der Waals surface area contributed by atoms with Crippen LogP contribution < -0.4 is 0 Å². The van der Waals surface area contributed by atoms with Crippen LogP contribution >= 0.6 is 0 Å². The van der Waals surface area contributed by atoms with E-state index in [4.69, 9.17) is 0 Å². The molecule has 0 saturated carbocycles. The van der Waals surface area contributed by atoms with Crippen molar-refractivity contribution in [3.8, 4) is 0 Å². The molecule has 1 aromatic carbocycles. The molecular weight excluding hydrogens is 238 g/mol. The first-order valence-corrected chi connectivity index (χ1v) is 6.99. The van der Waals surface area contributed by atoms with Gasteiger partial charge in [-0.1, -0.05) is 25.1 Å². The van der Waals surface area contributed by atoms with Crippen molar-refractivity contribution >= 4 is 5.97 Å². The number of carboxylic acid groups (broad SMARTS) is 1. The second-order valence-corrected chi connectivity index (χ2v) is 5.82. The molecule has 1 unspecified atom stereocenters. The highest BCUT2D eigenvalue weighted by molar-refractivity contribution is 5.75. The molecule has 0 amide bonds. The van der Waals surface area contributed by atoms with E-state index in [1.165, 1.54) is 16.7 Å². The van der Waals surface area contributed by atoms with Crippen LogP contribution in [0, 0.1) is 19.3 Å². The predicted octanol–water partition coefficient (Wildman–Crippen LogP) is 2.99. The molecule has 1 aromatic rings. The van der Waals surface area contributed by atoms with E-state index in [0.717, 1.165) is 19.5 Å². The summed E-state index contributed by atoms with van der Waals surface area (Å²) in [7, 11) is 0. The highest BCUT2D eigenvalue weighted by Crippen LogP contribution is 2.34. The number of benzene rings is 1. The lowest BCUT2D eigenvalue weighted by molar-refractivity contribution is -0.148. The molecule has 1 atom stereocenters. The first kappa shape index (κ1) is 14.1. The number of hydrogen-bond acceptors (Lipinski definition) is 2. The molecule has 1 fully saturated rings. The van der Waals surface area contributed by atoms with E-state index in [2.05, 4.69) is 36.9 Å². The Morgan fingerprint density at radius 2 is 2.11 bits per heavy atom. The Hall–Kier alpha value is -1.35. The largest absolute Gasteiger partial charge is 0.481 e. The summed E-state index contributed by atoms with van der Waals surface area (Å²) in [5.41, 5.74) is 3.36. The van der Waals surface area contributed by atoms with Crippen LogP contribution in [0.5, 0.6) is 0 Å². The van der Waals surface area contributed by atoms with Crippen molar-refractivity contribution in [1.82, 2.24) is 4.90 Å². The topological polar surface area (TPSA) is 40.5 Å². The summed E-state index contributed by atoms with van der Waals surface area (Å²) in [6, 6.07) is 6.50. The van der Waals surface area contributed by atoms with Crippen molar-refractivity contribution in [1.29, 1.82) is 0 Å². The number of carboxylic acids is 1. The van der Waals surface area contributed by atoms with Crippen molar-refractivity contribution in [3.63, 3.8) is 0 Å². The molecule has 0 bridgehead atoms. The molecule has 2 rings (SSSR count). The molecule has 19 heavy (non-hydrogen) atoms. The van der Waals surface area contributed by atoms with E-state index in [0.29, 0.717) is 13.0 Å². The van der Waals surface area contributed by atoms with Crippen molar-refractivity contribution in [3.05, 3.63) is 34.9 Å². The minimum Gasteiger partial charge on any atom is -0.481 e. The summed E-state index contributed by atoms with van der Waals surface area (Å²) in [6.45, 7) is 8.63. The molecule has 0 aliphatic carbocycles. The average Bonchev–Trinajstić information content (AvgIpc) is 2.79. The van der Waals surface area contributed by atoms with E-state index in [9.17, 15) is 9.90 Å². The lowest BCUT2D eigenvalue weighted by atomic mass is 9.84.